The standard InChI is InChI=1S/C27H20N2OS/c30-27(26-18-21-10-5-7-13-25(21)31-26)29(23-14-16-28-17-15-23)19-22-11-4-6-12-24(22)20-8-2-1-3-9-20/h1-18H,19H2. The Hall–Kier alpha value is -3.76. The van der Waals surface area contributed by atoms with Crippen LogP contribution in [-0.4, -0.2) is 10.9 Å². The minimum absolute atomic E-state index is 0.00438. The van der Waals surface area contributed by atoms with Gasteiger partial charge in [0.2, 0.25) is 0 Å². The highest BCUT2D eigenvalue weighted by atomic mass is 32.1. The number of carbonyl (C=O) groups is 1. The maximum Gasteiger partial charge on any atom is 0.268 e. The van der Waals surface area contributed by atoms with E-state index in [0.717, 1.165) is 37.3 Å². The van der Waals surface area contributed by atoms with E-state index in [4.69, 9.17) is 0 Å². The lowest BCUT2D eigenvalue weighted by Crippen LogP contribution is -2.30. The van der Waals surface area contributed by atoms with Crippen molar-refractivity contribution in [1.82, 2.24) is 4.98 Å². The Balaban J connectivity index is 1.56. The third kappa shape index (κ3) is 3.98. The van der Waals surface area contributed by atoms with Crippen LogP contribution in [-0.2, 0) is 6.54 Å². The molecule has 4 heteroatoms. The molecule has 5 aromatic rings. The van der Waals surface area contributed by atoms with Crippen molar-refractivity contribution in [2.45, 2.75) is 6.54 Å². The van der Waals surface area contributed by atoms with Gasteiger partial charge in [-0.3, -0.25) is 9.78 Å². The number of carbonyl (C=O) groups excluding carboxylic acids is 1. The van der Waals surface area contributed by atoms with Gasteiger partial charge in [0.25, 0.3) is 5.91 Å². The van der Waals surface area contributed by atoms with Crippen molar-refractivity contribution in [2.24, 2.45) is 0 Å². The lowest BCUT2D eigenvalue weighted by molar-refractivity contribution is 0.0989. The normalized spacial score (nSPS) is 10.8. The number of rotatable bonds is 5. The third-order valence-corrected chi connectivity index (χ3v) is 6.39. The smallest absolute Gasteiger partial charge is 0.268 e. The minimum atomic E-state index is -0.00438. The van der Waals surface area contributed by atoms with Gasteiger partial charge in [0.15, 0.2) is 0 Å². The first-order valence-electron chi connectivity index (χ1n) is 10.1. The summed E-state index contributed by atoms with van der Waals surface area (Å²) in [5.41, 5.74) is 4.20. The molecule has 0 atom stereocenters. The molecule has 0 saturated carbocycles. The molecule has 0 aliphatic carbocycles. The predicted octanol–water partition coefficient (Wildman–Crippen LogP) is 6.81. The number of benzene rings is 3. The number of thiophene rings is 1. The van der Waals surface area contributed by atoms with Crippen LogP contribution in [0.1, 0.15) is 15.2 Å². The number of fused-ring (bicyclic) bond motifs is 1. The summed E-state index contributed by atoms with van der Waals surface area (Å²) in [6.07, 6.45) is 3.45. The van der Waals surface area contributed by atoms with Crippen LogP contribution in [0.25, 0.3) is 21.2 Å². The van der Waals surface area contributed by atoms with Gasteiger partial charge >= 0.3 is 0 Å². The molecule has 0 N–H and O–H groups in total. The van der Waals surface area contributed by atoms with Gasteiger partial charge in [0, 0.05) is 22.8 Å². The van der Waals surface area contributed by atoms with Crippen LogP contribution in [0.15, 0.2) is 109 Å². The Morgan fingerprint density at radius 3 is 2.32 bits per heavy atom. The molecule has 2 aromatic heterocycles. The molecule has 0 bridgehead atoms. The van der Waals surface area contributed by atoms with Crippen molar-refractivity contribution < 1.29 is 4.79 Å². The Morgan fingerprint density at radius 2 is 1.52 bits per heavy atom. The van der Waals surface area contributed by atoms with Crippen LogP contribution in [0.4, 0.5) is 5.69 Å². The molecule has 0 aliphatic rings. The van der Waals surface area contributed by atoms with E-state index >= 15 is 0 Å². The maximum absolute atomic E-state index is 13.7. The largest absolute Gasteiger partial charge is 0.303 e. The van der Waals surface area contributed by atoms with Gasteiger partial charge in [-0.15, -0.1) is 11.3 Å². The fourth-order valence-corrected chi connectivity index (χ4v) is 4.76. The molecule has 2 heterocycles. The summed E-state index contributed by atoms with van der Waals surface area (Å²) in [6.45, 7) is 0.474. The second-order valence-corrected chi connectivity index (χ2v) is 8.35. The summed E-state index contributed by atoms with van der Waals surface area (Å²) >= 11 is 1.53. The zero-order valence-corrected chi connectivity index (χ0v) is 17.6. The maximum atomic E-state index is 13.7. The summed E-state index contributed by atoms with van der Waals surface area (Å²) in [5, 5.41) is 1.09. The number of nitrogens with zero attached hydrogens (tertiary/aromatic N) is 2. The quantitative estimate of drug-likeness (QED) is 0.313. The number of anilines is 1. The molecule has 31 heavy (non-hydrogen) atoms. The van der Waals surface area contributed by atoms with Crippen molar-refractivity contribution in [2.75, 3.05) is 4.90 Å². The Bertz CT molecular complexity index is 1300. The van der Waals surface area contributed by atoms with Crippen molar-refractivity contribution >= 4 is 33.0 Å². The Kier molecular flexibility index (Phi) is 5.29. The van der Waals surface area contributed by atoms with Gasteiger partial charge in [0.1, 0.15) is 0 Å². The molecule has 0 aliphatic heterocycles. The monoisotopic (exact) mass is 420 g/mol. The van der Waals surface area contributed by atoms with Crippen LogP contribution in [0.3, 0.4) is 0 Å². The SMILES string of the molecule is O=C(c1cc2ccccc2s1)N(Cc1ccccc1-c1ccccc1)c1ccncc1. The highest BCUT2D eigenvalue weighted by Crippen LogP contribution is 2.30. The van der Waals surface area contributed by atoms with Gasteiger partial charge in [-0.25, -0.2) is 0 Å². The molecule has 150 valence electrons. The van der Waals surface area contributed by atoms with E-state index in [-0.39, 0.29) is 5.91 Å². The predicted molar refractivity (Wildman–Crippen MR) is 128 cm³/mol. The van der Waals surface area contributed by atoms with Gasteiger partial charge in [-0.2, -0.15) is 0 Å². The third-order valence-electron chi connectivity index (χ3n) is 5.29. The molecule has 5 rings (SSSR count). The summed E-state index contributed by atoms with van der Waals surface area (Å²) in [5.74, 6) is -0.00438. The number of amides is 1. The van der Waals surface area contributed by atoms with E-state index in [1.54, 1.807) is 12.4 Å². The lowest BCUT2D eigenvalue weighted by atomic mass is 9.99. The van der Waals surface area contributed by atoms with Gasteiger partial charge in [-0.05, 0) is 46.3 Å². The molecule has 0 saturated heterocycles. The molecule has 0 radical (unpaired) electrons. The van der Waals surface area contributed by atoms with Gasteiger partial charge in [0.05, 0.1) is 11.4 Å². The van der Waals surface area contributed by atoms with Crippen LogP contribution in [0, 0.1) is 0 Å². The fraction of sp³-hybridized carbons (Fsp3) is 0.0370. The average molecular weight is 421 g/mol. The van der Waals surface area contributed by atoms with Crippen molar-refractivity contribution in [1.29, 1.82) is 0 Å². The molecular weight excluding hydrogens is 400 g/mol. The van der Waals surface area contributed by atoms with Gasteiger partial charge in [-0.1, -0.05) is 72.8 Å². The zero-order chi connectivity index (χ0) is 21.0. The minimum Gasteiger partial charge on any atom is -0.303 e. The van der Waals surface area contributed by atoms with Crippen LogP contribution in [0.2, 0.25) is 0 Å². The summed E-state index contributed by atoms with van der Waals surface area (Å²) in [6, 6.07) is 32.4. The molecule has 0 spiro atoms. The van der Waals surface area contributed by atoms with E-state index in [2.05, 4.69) is 35.3 Å². The Morgan fingerprint density at radius 1 is 0.806 bits per heavy atom. The second kappa shape index (κ2) is 8.54. The second-order valence-electron chi connectivity index (χ2n) is 7.27. The zero-order valence-electron chi connectivity index (χ0n) is 16.8. The van der Waals surface area contributed by atoms with E-state index < -0.39 is 0 Å². The van der Waals surface area contributed by atoms with E-state index in [9.17, 15) is 4.79 Å². The average Bonchev–Trinajstić information content (AvgIpc) is 3.28. The lowest BCUT2D eigenvalue weighted by Gasteiger charge is -2.24. The van der Waals surface area contributed by atoms with E-state index in [1.165, 1.54) is 11.3 Å². The first-order chi connectivity index (χ1) is 15.3. The topological polar surface area (TPSA) is 33.2 Å². The summed E-state index contributed by atoms with van der Waals surface area (Å²) in [7, 11) is 0. The van der Waals surface area contributed by atoms with Crippen molar-refractivity contribution in [3.8, 4) is 11.1 Å². The number of pyridine rings is 1. The highest BCUT2D eigenvalue weighted by molar-refractivity contribution is 7.20. The van der Waals surface area contributed by atoms with E-state index in [1.807, 2.05) is 71.6 Å². The first kappa shape index (κ1) is 19.2. The fourth-order valence-electron chi connectivity index (χ4n) is 3.75. The molecule has 0 unspecified atom stereocenters. The van der Waals surface area contributed by atoms with Crippen LogP contribution >= 0.6 is 11.3 Å². The summed E-state index contributed by atoms with van der Waals surface area (Å²) in [4.78, 5) is 20.4. The number of hydrogen-bond donors (Lipinski definition) is 0. The van der Waals surface area contributed by atoms with E-state index in [0.29, 0.717) is 6.54 Å². The molecular formula is C27H20N2OS. The highest BCUT2D eigenvalue weighted by Gasteiger charge is 2.21. The van der Waals surface area contributed by atoms with Crippen LogP contribution < -0.4 is 4.90 Å². The van der Waals surface area contributed by atoms with Crippen LogP contribution in [0.5, 0.6) is 0 Å². The molecule has 1 amide bonds. The molecule has 3 nitrogen and oxygen atoms in total. The number of hydrogen-bond acceptors (Lipinski definition) is 3. The number of aromatic nitrogens is 1. The Labute approximate surface area is 185 Å². The summed E-state index contributed by atoms with van der Waals surface area (Å²) < 4.78 is 1.12. The van der Waals surface area contributed by atoms with Crippen molar-refractivity contribution in [3.05, 3.63) is 120 Å². The molecule has 0 fully saturated rings. The first-order valence-corrected chi connectivity index (χ1v) is 10.9. The van der Waals surface area contributed by atoms with Gasteiger partial charge < -0.3 is 4.90 Å². The molecule has 3 aromatic carbocycles. The van der Waals surface area contributed by atoms with Crippen molar-refractivity contribution in [3.63, 3.8) is 0 Å².